The molecule has 4 rings (SSSR count). The number of aromatic hydroxyl groups is 1. The number of benzene rings is 1. The molecule has 0 saturated heterocycles. The van der Waals surface area contributed by atoms with Gasteiger partial charge in [0.25, 0.3) is 0 Å². The molecule has 0 aliphatic heterocycles. The Kier molecular flexibility index (Phi) is 8.06. The Morgan fingerprint density at radius 3 is 2.21 bits per heavy atom. The van der Waals surface area contributed by atoms with Crippen molar-refractivity contribution in [2.75, 3.05) is 0 Å². The van der Waals surface area contributed by atoms with Crippen LogP contribution in [-0.4, -0.2) is 5.11 Å². The average molecular weight is 387 g/mol. The highest BCUT2D eigenvalue weighted by Gasteiger charge is 2.59. The van der Waals surface area contributed by atoms with Crippen LogP contribution in [0.1, 0.15) is 116 Å². The summed E-state index contributed by atoms with van der Waals surface area (Å²) >= 11 is 0. The molecule has 5 unspecified atom stereocenters. The number of rotatable bonds is 4. The minimum atomic E-state index is 0.196. The van der Waals surface area contributed by atoms with Crippen LogP contribution in [0, 0.1) is 30.6 Å². The molecule has 5 atom stereocenters. The molecule has 0 spiro atoms. The predicted octanol–water partition coefficient (Wildman–Crippen LogP) is 8.37. The Bertz CT molecular complexity index is 629. The summed E-state index contributed by atoms with van der Waals surface area (Å²) in [5, 5.41) is 11.3. The summed E-state index contributed by atoms with van der Waals surface area (Å²) in [7, 11) is 0. The van der Waals surface area contributed by atoms with Gasteiger partial charge in [-0.2, -0.15) is 0 Å². The number of hydrogen-bond acceptors (Lipinski definition) is 1. The van der Waals surface area contributed by atoms with Crippen LogP contribution < -0.4 is 0 Å². The molecule has 3 saturated carbocycles. The molecule has 1 nitrogen and oxygen atoms in total. The largest absolute Gasteiger partial charge is 0.507 e. The predicted molar refractivity (Wildman–Crippen MR) is 123 cm³/mol. The molecule has 1 aromatic rings. The van der Waals surface area contributed by atoms with Gasteiger partial charge < -0.3 is 5.11 Å². The monoisotopic (exact) mass is 386 g/mol. The maximum Gasteiger partial charge on any atom is 0.122 e. The molecular formula is C27H46O. The molecular weight excluding hydrogens is 340 g/mol. The van der Waals surface area contributed by atoms with Crippen molar-refractivity contribution >= 4 is 0 Å². The second kappa shape index (κ2) is 9.68. The Balaban J connectivity index is 0.000000660. The van der Waals surface area contributed by atoms with Crippen molar-refractivity contribution in [2.24, 2.45) is 23.7 Å². The molecule has 0 radical (unpaired) electrons. The number of phenols is 1. The summed E-state index contributed by atoms with van der Waals surface area (Å²) in [5.41, 5.74) is 4.02. The highest BCUT2D eigenvalue weighted by Crippen LogP contribution is 2.66. The van der Waals surface area contributed by atoms with E-state index in [2.05, 4.69) is 39.8 Å². The quantitative estimate of drug-likeness (QED) is 0.551. The minimum absolute atomic E-state index is 0.196. The molecule has 2 bridgehead atoms. The van der Waals surface area contributed by atoms with Crippen molar-refractivity contribution in [3.63, 3.8) is 0 Å². The summed E-state index contributed by atoms with van der Waals surface area (Å²) in [4.78, 5) is 0. The number of fused-ring (bicyclic) bond motifs is 5. The zero-order valence-corrected chi connectivity index (χ0v) is 19.9. The molecule has 160 valence electrons. The van der Waals surface area contributed by atoms with Crippen LogP contribution in [0.4, 0.5) is 0 Å². The van der Waals surface area contributed by atoms with Crippen LogP contribution in [0.2, 0.25) is 0 Å². The van der Waals surface area contributed by atoms with Gasteiger partial charge in [0.1, 0.15) is 5.75 Å². The normalized spacial score (nSPS) is 32.5. The van der Waals surface area contributed by atoms with Crippen molar-refractivity contribution < 1.29 is 5.11 Å². The Morgan fingerprint density at radius 1 is 1.00 bits per heavy atom. The van der Waals surface area contributed by atoms with Crippen molar-refractivity contribution in [3.8, 4) is 5.75 Å². The first-order valence-electron chi connectivity index (χ1n) is 12.3. The summed E-state index contributed by atoms with van der Waals surface area (Å²) in [6, 6.07) is 4.56. The van der Waals surface area contributed by atoms with Gasteiger partial charge in [0.05, 0.1) is 0 Å². The third-order valence-electron chi connectivity index (χ3n) is 8.15. The molecule has 3 aliphatic rings. The van der Waals surface area contributed by atoms with Crippen LogP contribution >= 0.6 is 0 Å². The van der Waals surface area contributed by atoms with E-state index in [4.69, 9.17) is 0 Å². The molecule has 3 aliphatic carbocycles. The van der Waals surface area contributed by atoms with Gasteiger partial charge >= 0.3 is 0 Å². The van der Waals surface area contributed by atoms with Gasteiger partial charge in [-0.15, -0.1) is 0 Å². The SMILES string of the molecule is CC.CC.CCC(CC)c1cc(C)cc(C2(C)CCC3C4CCC(C4)C32)c1O. The topological polar surface area (TPSA) is 20.2 Å². The van der Waals surface area contributed by atoms with E-state index in [1.807, 2.05) is 27.7 Å². The van der Waals surface area contributed by atoms with Crippen LogP contribution in [0.5, 0.6) is 5.75 Å². The van der Waals surface area contributed by atoms with E-state index < -0.39 is 0 Å². The summed E-state index contributed by atoms with van der Waals surface area (Å²) in [5.74, 6) is 4.80. The average Bonchev–Trinajstić information content (AvgIpc) is 3.43. The van der Waals surface area contributed by atoms with Crippen LogP contribution in [-0.2, 0) is 5.41 Å². The van der Waals surface area contributed by atoms with Crippen LogP contribution in [0.3, 0.4) is 0 Å². The first-order chi connectivity index (χ1) is 13.5. The zero-order chi connectivity index (χ0) is 21.1. The van der Waals surface area contributed by atoms with E-state index in [1.165, 1.54) is 48.8 Å². The van der Waals surface area contributed by atoms with Gasteiger partial charge in [0.2, 0.25) is 0 Å². The third-order valence-corrected chi connectivity index (χ3v) is 8.15. The fourth-order valence-electron chi connectivity index (χ4n) is 7.05. The van der Waals surface area contributed by atoms with Gasteiger partial charge in [0.15, 0.2) is 0 Å². The Hall–Kier alpha value is -0.980. The summed E-state index contributed by atoms with van der Waals surface area (Å²) in [6.07, 6.45) is 9.26. The van der Waals surface area contributed by atoms with Crippen molar-refractivity contribution in [2.45, 2.75) is 112 Å². The second-order valence-electron chi connectivity index (χ2n) is 9.24. The van der Waals surface area contributed by atoms with Gasteiger partial charge in [-0.25, -0.2) is 0 Å². The molecule has 1 heteroatoms. The lowest BCUT2D eigenvalue weighted by molar-refractivity contribution is 0.189. The fraction of sp³-hybridized carbons (Fsp3) is 0.778. The molecule has 0 aromatic heterocycles. The Labute approximate surface area is 175 Å². The lowest BCUT2D eigenvalue weighted by Gasteiger charge is -2.39. The van der Waals surface area contributed by atoms with E-state index >= 15 is 0 Å². The molecule has 0 heterocycles. The second-order valence-corrected chi connectivity index (χ2v) is 9.24. The van der Waals surface area contributed by atoms with E-state index in [0.717, 1.165) is 36.5 Å². The maximum absolute atomic E-state index is 11.3. The molecule has 3 fully saturated rings. The first-order valence-corrected chi connectivity index (χ1v) is 12.3. The van der Waals surface area contributed by atoms with Gasteiger partial charge in [-0.3, -0.25) is 0 Å². The number of aryl methyl sites for hydroxylation is 1. The van der Waals surface area contributed by atoms with Crippen LogP contribution in [0.25, 0.3) is 0 Å². The van der Waals surface area contributed by atoms with E-state index in [9.17, 15) is 5.11 Å². The van der Waals surface area contributed by atoms with E-state index in [0.29, 0.717) is 11.7 Å². The lowest BCUT2D eigenvalue weighted by Crippen LogP contribution is -2.34. The van der Waals surface area contributed by atoms with Crippen molar-refractivity contribution in [1.29, 1.82) is 0 Å². The Morgan fingerprint density at radius 2 is 1.61 bits per heavy atom. The number of hydrogen-bond donors (Lipinski definition) is 1. The lowest BCUT2D eigenvalue weighted by atomic mass is 9.65. The van der Waals surface area contributed by atoms with Crippen LogP contribution in [0.15, 0.2) is 12.1 Å². The molecule has 0 amide bonds. The highest BCUT2D eigenvalue weighted by atomic mass is 16.3. The standard InChI is InChI=1S/C23H34O.2C2H6/c1-5-15(6-2)19-11-14(3)12-20(22(19)24)23(4)10-9-18-16-7-8-17(13-16)21(18)23;2*1-2/h11-12,15-18,21,24H,5-10,13H2,1-4H3;2*1-2H3. The molecule has 1 aromatic carbocycles. The fourth-order valence-corrected chi connectivity index (χ4v) is 7.05. The van der Waals surface area contributed by atoms with E-state index in [-0.39, 0.29) is 5.41 Å². The summed E-state index contributed by atoms with van der Waals surface area (Å²) < 4.78 is 0. The highest BCUT2D eigenvalue weighted by molar-refractivity contribution is 5.50. The maximum atomic E-state index is 11.3. The van der Waals surface area contributed by atoms with Crippen molar-refractivity contribution in [1.82, 2.24) is 0 Å². The molecule has 28 heavy (non-hydrogen) atoms. The third kappa shape index (κ3) is 3.75. The van der Waals surface area contributed by atoms with Crippen molar-refractivity contribution in [3.05, 3.63) is 28.8 Å². The van der Waals surface area contributed by atoms with Gasteiger partial charge in [-0.1, -0.05) is 66.2 Å². The smallest absolute Gasteiger partial charge is 0.122 e. The number of phenolic OH excluding ortho intramolecular Hbond substituents is 1. The van der Waals surface area contributed by atoms with Gasteiger partial charge in [-0.05, 0) is 92.4 Å². The minimum Gasteiger partial charge on any atom is -0.507 e. The summed E-state index contributed by atoms with van der Waals surface area (Å²) in [6.45, 7) is 17.2. The zero-order valence-electron chi connectivity index (χ0n) is 19.9. The first kappa shape index (κ1) is 23.3. The molecule has 1 N–H and O–H groups in total. The van der Waals surface area contributed by atoms with Gasteiger partial charge in [0, 0.05) is 5.56 Å². The van der Waals surface area contributed by atoms with E-state index in [1.54, 1.807) is 0 Å².